The van der Waals surface area contributed by atoms with E-state index in [-0.39, 0.29) is 35.4 Å². The third kappa shape index (κ3) is 6.37. The van der Waals surface area contributed by atoms with Crippen LogP contribution < -0.4 is 15.7 Å². The highest BCUT2D eigenvalue weighted by molar-refractivity contribution is 8.24. The number of rotatable bonds is 6. The van der Waals surface area contributed by atoms with Crippen molar-refractivity contribution in [1.29, 1.82) is 0 Å². The lowest BCUT2D eigenvalue weighted by molar-refractivity contribution is -0.274. The Bertz CT molecular complexity index is 1550. The lowest BCUT2D eigenvalue weighted by atomic mass is 9.94. The highest BCUT2D eigenvalue weighted by atomic mass is 32.3. The van der Waals surface area contributed by atoms with E-state index >= 15 is 4.39 Å². The van der Waals surface area contributed by atoms with Gasteiger partial charge in [-0.25, -0.2) is 13.6 Å². The summed E-state index contributed by atoms with van der Waals surface area (Å²) in [6.45, 7) is 5.90. The van der Waals surface area contributed by atoms with E-state index in [2.05, 4.69) is 10.1 Å². The van der Waals surface area contributed by atoms with Gasteiger partial charge in [0.05, 0.1) is 33.9 Å². The van der Waals surface area contributed by atoms with Gasteiger partial charge in [0.2, 0.25) is 0 Å². The van der Waals surface area contributed by atoms with Crippen LogP contribution in [0.25, 0.3) is 16.7 Å². The average Bonchev–Trinajstić information content (AvgIpc) is 3.10. The topological polar surface area (TPSA) is 126 Å². The number of halogens is 5. The Kier molecular flexibility index (Phi) is 7.73. The first-order chi connectivity index (χ1) is 18.7. The minimum atomic E-state index is -5.11. The molecule has 0 saturated carbocycles. The zero-order valence-corrected chi connectivity index (χ0v) is 23.4. The number of nitrogens with zero attached hydrogens (tertiary/aromatic N) is 2. The van der Waals surface area contributed by atoms with E-state index in [9.17, 15) is 41.4 Å². The van der Waals surface area contributed by atoms with Crippen molar-refractivity contribution >= 4 is 27.5 Å². The lowest BCUT2D eigenvalue weighted by Crippen LogP contribution is -2.50. The molecule has 1 fully saturated rings. The van der Waals surface area contributed by atoms with Gasteiger partial charge < -0.3 is 15.2 Å². The highest BCUT2D eigenvalue weighted by Crippen LogP contribution is 2.47. The van der Waals surface area contributed by atoms with Gasteiger partial charge >= 0.3 is 12.1 Å². The van der Waals surface area contributed by atoms with Crippen LogP contribution in [0.2, 0.25) is 0 Å². The van der Waals surface area contributed by atoms with Crippen molar-refractivity contribution < 1.29 is 45.7 Å². The molecule has 41 heavy (non-hydrogen) atoms. The number of aromatic nitrogens is 2. The lowest BCUT2D eigenvalue weighted by Gasteiger charge is -2.44. The molecule has 0 aliphatic carbocycles. The summed E-state index contributed by atoms with van der Waals surface area (Å²) in [6, 6.07) is 2.81. The Morgan fingerprint density at radius 3 is 2.24 bits per heavy atom. The summed E-state index contributed by atoms with van der Waals surface area (Å²) in [5, 5.41) is 13.4. The molecule has 0 radical (unpaired) electrons. The van der Waals surface area contributed by atoms with Crippen LogP contribution in [0, 0.1) is 11.6 Å². The maximum atomic E-state index is 15.5. The molecule has 2 heterocycles. The molecule has 2 aromatic carbocycles. The smallest absolute Gasteiger partial charge is 0.406 e. The van der Waals surface area contributed by atoms with Crippen molar-refractivity contribution in [1.82, 2.24) is 14.5 Å². The number of alkyl halides is 3. The number of ether oxygens (including phenoxy) is 1. The number of amides is 1. The molecule has 4 N–H and O–H groups in total. The fourth-order valence-corrected chi connectivity index (χ4v) is 6.43. The molecule has 1 aliphatic heterocycles. The van der Waals surface area contributed by atoms with Gasteiger partial charge in [-0.05, 0) is 58.7 Å². The van der Waals surface area contributed by atoms with Crippen molar-refractivity contribution in [3.8, 4) is 11.4 Å². The zero-order chi connectivity index (χ0) is 30.7. The molecule has 1 saturated heterocycles. The average molecular weight is 608 g/mol. The van der Waals surface area contributed by atoms with Crippen molar-refractivity contribution in [2.24, 2.45) is 0 Å². The van der Waals surface area contributed by atoms with Crippen LogP contribution in [0.1, 0.15) is 56.9 Å². The number of aliphatic hydroxyl groups is 1. The monoisotopic (exact) mass is 607 g/mol. The van der Waals surface area contributed by atoms with Gasteiger partial charge in [-0.3, -0.25) is 23.0 Å². The Labute approximate surface area is 232 Å². The number of benzene rings is 2. The highest BCUT2D eigenvalue weighted by Gasteiger charge is 2.36. The first kappa shape index (κ1) is 30.8. The van der Waals surface area contributed by atoms with E-state index in [0.29, 0.717) is 22.8 Å². The quantitative estimate of drug-likeness (QED) is 0.281. The first-order valence-electron chi connectivity index (χ1n) is 12.5. The standard InChI is InChI=1S/C26H30F5N3O6S/c1-14(24(2,3)37)33-20-12-16(22(35)32-25(4)7-9-41(38,39)10-8-25)18(28)13-21(20)34(23(33)36)19-11-15(5-6-17(19)27)40-26(29,30)31/h5-6,11-14,37-39H,7-10H2,1-4H3,(H,32,35). The van der Waals surface area contributed by atoms with Crippen LogP contribution in [0.3, 0.4) is 0 Å². The fourth-order valence-electron chi connectivity index (χ4n) is 4.67. The number of nitrogens with one attached hydrogen (secondary N) is 1. The van der Waals surface area contributed by atoms with E-state index in [1.165, 1.54) is 20.8 Å². The molecule has 1 aliphatic rings. The third-order valence-corrected chi connectivity index (χ3v) is 9.10. The second-order valence-corrected chi connectivity index (χ2v) is 13.4. The first-order valence-corrected chi connectivity index (χ1v) is 14.4. The predicted octanol–water partition coefficient (Wildman–Crippen LogP) is 5.33. The Balaban J connectivity index is 1.89. The summed E-state index contributed by atoms with van der Waals surface area (Å²) < 4.78 is 94.2. The summed E-state index contributed by atoms with van der Waals surface area (Å²) in [6.07, 6.45) is -4.67. The Morgan fingerprint density at radius 2 is 1.68 bits per heavy atom. The van der Waals surface area contributed by atoms with Crippen LogP contribution >= 0.6 is 10.6 Å². The Hall–Kier alpha value is -3.14. The molecule has 4 rings (SSSR count). The summed E-state index contributed by atoms with van der Waals surface area (Å²) >= 11 is 0. The maximum absolute atomic E-state index is 15.5. The van der Waals surface area contributed by atoms with E-state index < -0.39 is 74.4 Å². The van der Waals surface area contributed by atoms with E-state index in [4.69, 9.17) is 0 Å². The van der Waals surface area contributed by atoms with E-state index in [1.807, 2.05) is 0 Å². The van der Waals surface area contributed by atoms with Crippen molar-refractivity contribution in [2.75, 3.05) is 11.5 Å². The third-order valence-electron chi connectivity index (χ3n) is 7.39. The van der Waals surface area contributed by atoms with Crippen LogP contribution in [0.4, 0.5) is 22.0 Å². The van der Waals surface area contributed by atoms with Crippen molar-refractivity contribution in [2.45, 2.75) is 64.1 Å². The second kappa shape index (κ2) is 10.3. The molecule has 1 atom stereocenters. The van der Waals surface area contributed by atoms with E-state index in [0.717, 1.165) is 16.7 Å². The van der Waals surface area contributed by atoms with Gasteiger partial charge in [0.25, 0.3) is 5.91 Å². The van der Waals surface area contributed by atoms with Crippen LogP contribution in [0.15, 0.2) is 35.1 Å². The number of carbonyl (C=O) groups is 1. The molecule has 1 aromatic heterocycles. The summed E-state index contributed by atoms with van der Waals surface area (Å²) in [5.41, 5.74) is -4.98. The van der Waals surface area contributed by atoms with Crippen LogP contribution in [-0.4, -0.2) is 58.3 Å². The van der Waals surface area contributed by atoms with Gasteiger partial charge in [-0.1, -0.05) is 0 Å². The maximum Gasteiger partial charge on any atom is 0.573 e. The Morgan fingerprint density at radius 1 is 1.07 bits per heavy atom. The number of fused-ring (bicyclic) bond motifs is 1. The van der Waals surface area contributed by atoms with E-state index in [1.54, 1.807) is 6.92 Å². The summed E-state index contributed by atoms with van der Waals surface area (Å²) in [7, 11) is -2.76. The largest absolute Gasteiger partial charge is 0.573 e. The SMILES string of the molecule is CC(n1c(=O)n(-c2cc(OC(F)(F)F)ccc2F)c2cc(F)c(C(=O)NC3(C)CCS(O)(O)CC3)cc21)C(C)(C)O. The molecule has 15 heteroatoms. The normalized spacial score (nSPS) is 18.6. The van der Waals surface area contributed by atoms with Gasteiger partial charge in [-0.2, -0.15) is 10.6 Å². The molecule has 1 amide bonds. The van der Waals surface area contributed by atoms with Crippen molar-refractivity contribution in [3.05, 3.63) is 58.0 Å². The summed E-state index contributed by atoms with van der Waals surface area (Å²) in [4.78, 5) is 26.9. The van der Waals surface area contributed by atoms with Crippen LogP contribution in [0.5, 0.6) is 5.75 Å². The molecule has 0 bridgehead atoms. The molecule has 226 valence electrons. The number of carbonyl (C=O) groups excluding carboxylic acids is 1. The van der Waals surface area contributed by atoms with Gasteiger partial charge in [0.15, 0.2) is 0 Å². The minimum Gasteiger partial charge on any atom is -0.406 e. The number of hydrogen-bond donors (Lipinski definition) is 4. The van der Waals surface area contributed by atoms with Crippen molar-refractivity contribution in [3.63, 3.8) is 0 Å². The summed E-state index contributed by atoms with van der Waals surface area (Å²) in [5.74, 6) is -3.80. The zero-order valence-electron chi connectivity index (χ0n) is 22.6. The molecule has 9 nitrogen and oxygen atoms in total. The van der Waals surface area contributed by atoms with Crippen LogP contribution in [-0.2, 0) is 0 Å². The minimum absolute atomic E-state index is 0.0550. The molecule has 0 spiro atoms. The molecular weight excluding hydrogens is 577 g/mol. The second-order valence-electron chi connectivity index (χ2n) is 11.0. The molecule has 3 aromatic rings. The number of hydrogen-bond acceptors (Lipinski definition) is 6. The molecule has 1 unspecified atom stereocenters. The van der Waals surface area contributed by atoms with Gasteiger partial charge in [0.1, 0.15) is 17.4 Å². The van der Waals surface area contributed by atoms with Gasteiger partial charge in [-0.15, -0.1) is 13.2 Å². The predicted molar refractivity (Wildman–Crippen MR) is 143 cm³/mol. The fraction of sp³-hybridized carbons (Fsp3) is 0.462. The molecular formula is C26H30F5N3O6S. The number of imidazole rings is 1. The van der Waals surface area contributed by atoms with Gasteiger partial charge in [0, 0.05) is 29.2 Å².